The van der Waals surface area contributed by atoms with Gasteiger partial charge in [-0.05, 0) is 26.0 Å². The van der Waals surface area contributed by atoms with Crippen molar-refractivity contribution in [2.75, 3.05) is 40.5 Å². The molecule has 122 valence electrons. The maximum Gasteiger partial charge on any atom is 0.257 e. The Hall–Kier alpha value is -1.59. The molecule has 0 bridgehead atoms. The van der Waals surface area contributed by atoms with Crippen LogP contribution in [0.4, 0.5) is 0 Å². The van der Waals surface area contributed by atoms with E-state index in [2.05, 4.69) is 18.7 Å². The van der Waals surface area contributed by atoms with E-state index in [1.54, 1.807) is 14.2 Å². The topological polar surface area (TPSA) is 42.0 Å². The Morgan fingerprint density at radius 2 is 1.82 bits per heavy atom. The van der Waals surface area contributed by atoms with Crippen LogP contribution in [0, 0.1) is 0 Å². The fourth-order valence-electron chi connectivity index (χ4n) is 3.15. The molecule has 2 rings (SSSR count). The summed E-state index contributed by atoms with van der Waals surface area (Å²) >= 11 is 0. The molecular weight excluding hydrogens is 280 g/mol. The molecule has 0 saturated carbocycles. The minimum absolute atomic E-state index is 0.0440. The Morgan fingerprint density at radius 3 is 2.41 bits per heavy atom. The fraction of sp³-hybridized carbons (Fsp3) is 0.588. The molecule has 22 heavy (non-hydrogen) atoms. The van der Waals surface area contributed by atoms with Gasteiger partial charge < -0.3 is 14.4 Å². The van der Waals surface area contributed by atoms with E-state index in [1.807, 2.05) is 29.2 Å². The normalized spacial score (nSPS) is 22.6. The fourth-order valence-corrected chi connectivity index (χ4v) is 3.15. The number of carbonyl (C=O) groups excluding carboxylic acids is 1. The zero-order valence-electron chi connectivity index (χ0n) is 13.9. The Kier molecular flexibility index (Phi) is 5.80. The zero-order valence-corrected chi connectivity index (χ0v) is 13.9. The molecule has 2 unspecified atom stereocenters. The van der Waals surface area contributed by atoms with Gasteiger partial charge in [-0.1, -0.05) is 12.1 Å². The van der Waals surface area contributed by atoms with Crippen molar-refractivity contribution in [1.29, 1.82) is 0 Å². The van der Waals surface area contributed by atoms with Gasteiger partial charge in [-0.15, -0.1) is 0 Å². The highest BCUT2D eigenvalue weighted by molar-refractivity contribution is 5.97. The molecule has 0 N–H and O–H groups in total. The third-order valence-corrected chi connectivity index (χ3v) is 4.28. The van der Waals surface area contributed by atoms with Gasteiger partial charge in [0.25, 0.3) is 5.91 Å². The van der Waals surface area contributed by atoms with Crippen molar-refractivity contribution in [2.45, 2.75) is 25.9 Å². The van der Waals surface area contributed by atoms with Gasteiger partial charge in [-0.25, -0.2) is 0 Å². The summed E-state index contributed by atoms with van der Waals surface area (Å²) in [7, 11) is 3.32. The van der Waals surface area contributed by atoms with Crippen LogP contribution in [0.2, 0.25) is 0 Å². The van der Waals surface area contributed by atoms with E-state index < -0.39 is 0 Å². The molecule has 0 aliphatic carbocycles. The Bertz CT molecular complexity index is 494. The van der Waals surface area contributed by atoms with E-state index >= 15 is 0 Å². The lowest BCUT2D eigenvalue weighted by molar-refractivity contribution is 0.0192. The molecule has 0 aromatic heterocycles. The van der Waals surface area contributed by atoms with E-state index in [0.29, 0.717) is 23.4 Å². The maximum atomic E-state index is 12.8. The highest BCUT2D eigenvalue weighted by Gasteiger charge is 2.32. The van der Waals surface area contributed by atoms with Crippen LogP contribution in [-0.2, 0) is 4.74 Å². The van der Waals surface area contributed by atoms with Gasteiger partial charge in [0.15, 0.2) is 0 Å². The minimum Gasteiger partial charge on any atom is -0.496 e. The highest BCUT2D eigenvalue weighted by atomic mass is 16.5. The first-order valence-corrected chi connectivity index (χ1v) is 7.75. The summed E-state index contributed by atoms with van der Waals surface area (Å²) in [6.07, 6.45) is 0. The number of rotatable bonds is 5. The third kappa shape index (κ3) is 3.59. The lowest BCUT2D eigenvalue weighted by atomic mass is 10.1. The van der Waals surface area contributed by atoms with E-state index in [1.165, 1.54) is 0 Å². The van der Waals surface area contributed by atoms with Gasteiger partial charge in [0.1, 0.15) is 5.75 Å². The summed E-state index contributed by atoms with van der Waals surface area (Å²) in [5, 5.41) is 0. The molecule has 0 spiro atoms. The second-order valence-electron chi connectivity index (χ2n) is 5.84. The van der Waals surface area contributed by atoms with Crippen molar-refractivity contribution < 1.29 is 14.3 Å². The van der Waals surface area contributed by atoms with Crippen LogP contribution in [-0.4, -0.2) is 68.3 Å². The molecule has 1 aliphatic rings. The van der Waals surface area contributed by atoms with Gasteiger partial charge in [0.2, 0.25) is 0 Å². The Labute approximate surface area is 132 Å². The predicted molar refractivity (Wildman–Crippen MR) is 86.4 cm³/mol. The van der Waals surface area contributed by atoms with Crippen LogP contribution >= 0.6 is 0 Å². The second kappa shape index (κ2) is 7.61. The average Bonchev–Trinajstić information content (AvgIpc) is 2.53. The standard InChI is InChI=1S/C17H26N2O3/c1-13-11-18(12-14(2)19(13)9-10-21-3)17(20)15-7-5-6-8-16(15)22-4/h5-8,13-14H,9-12H2,1-4H3. The molecule has 1 saturated heterocycles. The second-order valence-corrected chi connectivity index (χ2v) is 5.84. The number of methoxy groups -OCH3 is 2. The highest BCUT2D eigenvalue weighted by Crippen LogP contribution is 2.22. The summed E-state index contributed by atoms with van der Waals surface area (Å²) in [6.45, 7) is 7.39. The average molecular weight is 306 g/mol. The quantitative estimate of drug-likeness (QED) is 0.833. The summed E-state index contributed by atoms with van der Waals surface area (Å²) < 4.78 is 10.5. The SMILES string of the molecule is COCCN1C(C)CN(C(=O)c2ccccc2OC)CC1C. The van der Waals surface area contributed by atoms with Crippen LogP contribution in [0.25, 0.3) is 0 Å². The first kappa shape index (κ1) is 16.8. The van der Waals surface area contributed by atoms with Gasteiger partial charge in [-0.3, -0.25) is 9.69 Å². The number of hydrogen-bond acceptors (Lipinski definition) is 4. The van der Waals surface area contributed by atoms with Crippen molar-refractivity contribution >= 4 is 5.91 Å². The van der Waals surface area contributed by atoms with Crippen molar-refractivity contribution in [3.05, 3.63) is 29.8 Å². The minimum atomic E-state index is 0.0440. The van der Waals surface area contributed by atoms with E-state index in [0.717, 1.165) is 26.2 Å². The van der Waals surface area contributed by atoms with Crippen LogP contribution in [0.15, 0.2) is 24.3 Å². The first-order chi connectivity index (χ1) is 10.6. The van der Waals surface area contributed by atoms with Crippen LogP contribution in [0.5, 0.6) is 5.75 Å². The van der Waals surface area contributed by atoms with Crippen LogP contribution < -0.4 is 4.74 Å². The third-order valence-electron chi connectivity index (χ3n) is 4.28. The number of benzene rings is 1. The van der Waals surface area contributed by atoms with Crippen molar-refractivity contribution in [3.8, 4) is 5.75 Å². The monoisotopic (exact) mass is 306 g/mol. The van der Waals surface area contributed by atoms with Crippen LogP contribution in [0.1, 0.15) is 24.2 Å². The number of para-hydroxylation sites is 1. The Balaban J connectivity index is 2.09. The Morgan fingerprint density at radius 1 is 1.18 bits per heavy atom. The summed E-state index contributed by atoms with van der Waals surface area (Å²) in [5.74, 6) is 0.678. The maximum absolute atomic E-state index is 12.8. The molecule has 1 aliphatic heterocycles. The van der Waals surface area contributed by atoms with Crippen molar-refractivity contribution in [3.63, 3.8) is 0 Å². The molecular formula is C17H26N2O3. The van der Waals surface area contributed by atoms with Gasteiger partial charge in [-0.2, -0.15) is 0 Å². The zero-order chi connectivity index (χ0) is 16.1. The van der Waals surface area contributed by atoms with E-state index in [4.69, 9.17) is 9.47 Å². The van der Waals surface area contributed by atoms with Crippen molar-refractivity contribution in [2.24, 2.45) is 0 Å². The van der Waals surface area contributed by atoms with Gasteiger partial charge in [0.05, 0.1) is 19.3 Å². The number of ether oxygens (including phenoxy) is 2. The number of piperazine rings is 1. The molecule has 5 nitrogen and oxygen atoms in total. The lowest BCUT2D eigenvalue weighted by Gasteiger charge is -2.44. The molecule has 1 heterocycles. The lowest BCUT2D eigenvalue weighted by Crippen LogP contribution is -2.58. The number of carbonyl (C=O) groups is 1. The molecule has 0 radical (unpaired) electrons. The summed E-state index contributed by atoms with van der Waals surface area (Å²) in [6, 6.07) is 8.04. The molecule has 2 atom stereocenters. The number of nitrogens with zero attached hydrogens (tertiary/aromatic N) is 2. The molecule has 1 aromatic carbocycles. The van der Waals surface area contributed by atoms with Crippen molar-refractivity contribution in [1.82, 2.24) is 9.80 Å². The smallest absolute Gasteiger partial charge is 0.257 e. The first-order valence-electron chi connectivity index (χ1n) is 7.75. The largest absolute Gasteiger partial charge is 0.496 e. The summed E-state index contributed by atoms with van der Waals surface area (Å²) in [4.78, 5) is 17.1. The predicted octanol–water partition coefficient (Wildman–Crippen LogP) is 1.88. The van der Waals surface area contributed by atoms with E-state index in [-0.39, 0.29) is 5.91 Å². The van der Waals surface area contributed by atoms with Gasteiger partial charge in [0, 0.05) is 38.8 Å². The molecule has 5 heteroatoms. The number of amides is 1. The van der Waals surface area contributed by atoms with Crippen LogP contribution in [0.3, 0.4) is 0 Å². The number of hydrogen-bond donors (Lipinski definition) is 0. The molecule has 1 aromatic rings. The summed E-state index contributed by atoms with van der Waals surface area (Å²) in [5.41, 5.74) is 0.634. The molecule has 1 amide bonds. The van der Waals surface area contributed by atoms with Gasteiger partial charge >= 0.3 is 0 Å². The molecule has 1 fully saturated rings. The van der Waals surface area contributed by atoms with E-state index in [9.17, 15) is 4.79 Å².